The second kappa shape index (κ2) is 10.5. The molecule has 0 spiro atoms. The summed E-state index contributed by atoms with van der Waals surface area (Å²) in [5, 5.41) is 3.59. The molecular weight excluding hydrogens is 443 g/mol. The topological polar surface area (TPSA) is 53.2 Å². The number of guanidine groups is 1. The number of nitrogens with one attached hydrogen (secondary N) is 1. The van der Waals surface area contributed by atoms with Gasteiger partial charge in [-0.15, -0.1) is 24.0 Å². The van der Waals surface area contributed by atoms with Crippen LogP contribution in [-0.2, 0) is 4.74 Å². The summed E-state index contributed by atoms with van der Waals surface area (Å²) in [7, 11) is 3.65. The van der Waals surface area contributed by atoms with Crippen LogP contribution in [0.25, 0.3) is 0 Å². The van der Waals surface area contributed by atoms with Crippen molar-refractivity contribution in [2.45, 2.75) is 32.2 Å². The van der Waals surface area contributed by atoms with E-state index < -0.39 is 0 Å². The van der Waals surface area contributed by atoms with E-state index in [0.717, 1.165) is 56.8 Å². The molecule has 7 heteroatoms. The molecule has 2 aliphatic rings. The number of ether oxygens (including phenoxy) is 1. The van der Waals surface area contributed by atoms with Gasteiger partial charge in [0.05, 0.1) is 12.6 Å². The Hall–Kier alpha value is -0.800. The molecule has 3 heterocycles. The number of nitrogens with zero attached hydrogens (tertiary/aromatic N) is 3. The van der Waals surface area contributed by atoms with Crippen molar-refractivity contribution in [3.8, 4) is 0 Å². The van der Waals surface area contributed by atoms with Gasteiger partial charge in [0, 0.05) is 39.7 Å². The summed E-state index contributed by atoms with van der Waals surface area (Å²) < 4.78 is 11.3. The van der Waals surface area contributed by atoms with E-state index in [0.29, 0.717) is 5.92 Å². The molecule has 0 aromatic carbocycles. The molecule has 2 fully saturated rings. The van der Waals surface area contributed by atoms with E-state index in [1.165, 1.54) is 19.3 Å². The summed E-state index contributed by atoms with van der Waals surface area (Å²) in [4.78, 5) is 9.37. The van der Waals surface area contributed by atoms with Gasteiger partial charge in [-0.3, -0.25) is 9.89 Å². The number of likely N-dealkylation sites (tertiary alicyclic amines) is 2. The molecule has 0 saturated carbocycles. The van der Waals surface area contributed by atoms with Crippen LogP contribution in [-0.4, -0.2) is 69.2 Å². The highest BCUT2D eigenvalue weighted by Crippen LogP contribution is 2.26. The fraction of sp³-hybridized carbons (Fsp3) is 0.737. The van der Waals surface area contributed by atoms with Crippen LogP contribution in [0.3, 0.4) is 0 Å². The summed E-state index contributed by atoms with van der Waals surface area (Å²) in [6.45, 7) is 8.01. The van der Waals surface area contributed by atoms with Gasteiger partial charge in [0.25, 0.3) is 0 Å². The number of halogens is 1. The molecule has 1 aromatic heterocycles. The third kappa shape index (κ3) is 5.36. The summed E-state index contributed by atoms with van der Waals surface area (Å²) in [6, 6.07) is 4.45. The molecule has 2 unspecified atom stereocenters. The van der Waals surface area contributed by atoms with Crippen molar-refractivity contribution >= 4 is 29.9 Å². The van der Waals surface area contributed by atoms with Gasteiger partial charge in [-0.2, -0.15) is 0 Å². The van der Waals surface area contributed by atoms with E-state index in [4.69, 9.17) is 9.15 Å². The maximum absolute atomic E-state index is 5.95. The number of aliphatic imine (C=N–C) groups is 1. The van der Waals surface area contributed by atoms with Crippen molar-refractivity contribution in [3.63, 3.8) is 0 Å². The van der Waals surface area contributed by atoms with E-state index in [9.17, 15) is 0 Å². The molecule has 0 aliphatic carbocycles. The third-order valence-electron chi connectivity index (χ3n) is 5.32. The lowest BCUT2D eigenvalue weighted by molar-refractivity contribution is 0.157. The first-order valence-electron chi connectivity index (χ1n) is 9.46. The number of furan rings is 1. The monoisotopic (exact) mass is 476 g/mol. The maximum Gasteiger partial charge on any atom is 0.193 e. The summed E-state index contributed by atoms with van der Waals surface area (Å²) in [5.41, 5.74) is 0. The highest BCUT2D eigenvalue weighted by atomic mass is 127. The van der Waals surface area contributed by atoms with Crippen molar-refractivity contribution in [1.82, 2.24) is 15.1 Å². The minimum absolute atomic E-state index is 0. The Kier molecular flexibility index (Phi) is 8.69. The highest BCUT2D eigenvalue weighted by Gasteiger charge is 2.28. The SMILES string of the molecule is CN=C(NCC(c1ccc(C)o1)N1CCCC1)N1CCC(COC)C1.I. The van der Waals surface area contributed by atoms with Crippen LogP contribution < -0.4 is 5.32 Å². The second-order valence-corrected chi connectivity index (χ2v) is 7.19. The molecule has 26 heavy (non-hydrogen) atoms. The summed E-state index contributed by atoms with van der Waals surface area (Å²) in [5.74, 6) is 3.63. The maximum atomic E-state index is 5.95. The normalized spacial score (nSPS) is 22.5. The molecule has 0 radical (unpaired) electrons. The van der Waals surface area contributed by atoms with Gasteiger partial charge in [-0.25, -0.2) is 0 Å². The van der Waals surface area contributed by atoms with Crippen molar-refractivity contribution < 1.29 is 9.15 Å². The molecule has 0 amide bonds. The minimum Gasteiger partial charge on any atom is -0.465 e. The average molecular weight is 476 g/mol. The largest absolute Gasteiger partial charge is 0.465 e. The smallest absolute Gasteiger partial charge is 0.193 e. The minimum atomic E-state index is 0. The standard InChI is InChI=1S/C19H32N4O2.HI/c1-15-6-7-18(25-15)17(22-9-4-5-10-22)12-21-19(20-2)23-11-8-16(13-23)14-24-3;/h6-7,16-17H,4-5,8-14H2,1-3H3,(H,20,21);1H. The fourth-order valence-electron chi connectivity index (χ4n) is 4.01. The van der Waals surface area contributed by atoms with Gasteiger partial charge in [0.2, 0.25) is 0 Å². The van der Waals surface area contributed by atoms with Crippen LogP contribution in [0.15, 0.2) is 21.5 Å². The van der Waals surface area contributed by atoms with E-state index >= 15 is 0 Å². The lowest BCUT2D eigenvalue weighted by Crippen LogP contribution is -2.44. The Balaban J connectivity index is 0.00000243. The summed E-state index contributed by atoms with van der Waals surface area (Å²) in [6.07, 6.45) is 3.72. The first kappa shape index (κ1) is 21.5. The Morgan fingerprint density at radius 3 is 2.73 bits per heavy atom. The molecule has 2 saturated heterocycles. The molecule has 1 N–H and O–H groups in total. The molecule has 1 aromatic rings. The molecular formula is C19H33IN4O2. The van der Waals surface area contributed by atoms with E-state index in [1.54, 1.807) is 7.11 Å². The zero-order valence-electron chi connectivity index (χ0n) is 16.2. The third-order valence-corrected chi connectivity index (χ3v) is 5.32. The molecule has 3 rings (SSSR count). The van der Waals surface area contributed by atoms with Gasteiger partial charge >= 0.3 is 0 Å². The Labute approximate surface area is 174 Å². The predicted molar refractivity (Wildman–Crippen MR) is 115 cm³/mol. The number of aryl methyl sites for hydroxylation is 1. The second-order valence-electron chi connectivity index (χ2n) is 7.19. The van der Waals surface area contributed by atoms with Crippen molar-refractivity contribution in [3.05, 3.63) is 23.7 Å². The van der Waals surface area contributed by atoms with Gasteiger partial charge in [-0.1, -0.05) is 0 Å². The summed E-state index contributed by atoms with van der Waals surface area (Å²) >= 11 is 0. The predicted octanol–water partition coefficient (Wildman–Crippen LogP) is 2.89. The van der Waals surface area contributed by atoms with Crippen LogP contribution in [0.5, 0.6) is 0 Å². The van der Waals surface area contributed by atoms with Crippen molar-refractivity contribution in [2.24, 2.45) is 10.9 Å². The number of hydrogen-bond donors (Lipinski definition) is 1. The number of methoxy groups -OCH3 is 1. The lowest BCUT2D eigenvalue weighted by Gasteiger charge is -2.28. The molecule has 0 bridgehead atoms. The fourth-order valence-corrected chi connectivity index (χ4v) is 4.01. The number of hydrogen-bond acceptors (Lipinski definition) is 4. The van der Waals surface area contributed by atoms with Crippen LogP contribution in [0.2, 0.25) is 0 Å². The average Bonchev–Trinajstić information content (AvgIpc) is 3.34. The zero-order valence-corrected chi connectivity index (χ0v) is 18.6. The van der Waals surface area contributed by atoms with Gasteiger partial charge in [-0.05, 0) is 51.4 Å². The van der Waals surface area contributed by atoms with Crippen LogP contribution in [0.4, 0.5) is 0 Å². The van der Waals surface area contributed by atoms with Crippen LogP contribution in [0.1, 0.15) is 36.8 Å². The zero-order chi connectivity index (χ0) is 17.6. The molecule has 6 nitrogen and oxygen atoms in total. The first-order valence-corrected chi connectivity index (χ1v) is 9.46. The van der Waals surface area contributed by atoms with Crippen LogP contribution in [0, 0.1) is 12.8 Å². The van der Waals surface area contributed by atoms with Crippen molar-refractivity contribution in [1.29, 1.82) is 0 Å². The van der Waals surface area contributed by atoms with E-state index in [1.807, 2.05) is 14.0 Å². The Bertz CT molecular complexity index is 572. The highest BCUT2D eigenvalue weighted by molar-refractivity contribution is 14.0. The molecule has 2 aliphatic heterocycles. The Morgan fingerprint density at radius 2 is 2.12 bits per heavy atom. The van der Waals surface area contributed by atoms with E-state index in [-0.39, 0.29) is 30.0 Å². The van der Waals surface area contributed by atoms with Crippen LogP contribution >= 0.6 is 24.0 Å². The molecule has 148 valence electrons. The number of rotatable bonds is 6. The Morgan fingerprint density at radius 1 is 1.35 bits per heavy atom. The van der Waals surface area contributed by atoms with Gasteiger partial charge < -0.3 is 19.4 Å². The van der Waals surface area contributed by atoms with Gasteiger partial charge in [0.15, 0.2) is 5.96 Å². The van der Waals surface area contributed by atoms with Crippen molar-refractivity contribution in [2.75, 3.05) is 53.5 Å². The van der Waals surface area contributed by atoms with Gasteiger partial charge in [0.1, 0.15) is 11.5 Å². The van der Waals surface area contributed by atoms with E-state index in [2.05, 4.69) is 32.2 Å². The quantitative estimate of drug-likeness (QED) is 0.389. The lowest BCUT2D eigenvalue weighted by atomic mass is 10.1. The molecule has 2 atom stereocenters. The first-order chi connectivity index (χ1) is 12.2.